The van der Waals surface area contributed by atoms with Crippen LogP contribution in [0.2, 0.25) is 0 Å². The van der Waals surface area contributed by atoms with Gasteiger partial charge in [0.05, 0.1) is 17.7 Å². The summed E-state index contributed by atoms with van der Waals surface area (Å²) in [5.74, 6) is -0.204. The van der Waals surface area contributed by atoms with E-state index in [1.54, 1.807) is 61.7 Å². The molecule has 7 heteroatoms. The number of para-hydroxylation sites is 2. The second-order valence-electron chi connectivity index (χ2n) is 5.34. The van der Waals surface area contributed by atoms with Gasteiger partial charge in [0.25, 0.3) is 11.8 Å². The van der Waals surface area contributed by atoms with Crippen molar-refractivity contribution in [3.8, 4) is 11.5 Å². The molecule has 0 saturated carbocycles. The fraction of sp³-hybridized carbons (Fsp3) is 0.200. The molecule has 27 heavy (non-hydrogen) atoms. The molecule has 142 valence electrons. The molecular weight excluding hydrogens is 348 g/mol. The van der Waals surface area contributed by atoms with Crippen LogP contribution in [0.1, 0.15) is 20.7 Å². The van der Waals surface area contributed by atoms with Crippen molar-refractivity contribution in [2.45, 2.75) is 0 Å². The van der Waals surface area contributed by atoms with Crippen molar-refractivity contribution in [3.05, 3.63) is 72.3 Å². The summed E-state index contributed by atoms with van der Waals surface area (Å²) in [6.07, 6.45) is 1.58. The fourth-order valence-corrected chi connectivity index (χ4v) is 2.19. The molecule has 7 nitrogen and oxygen atoms in total. The molecule has 2 N–H and O–H groups in total. The van der Waals surface area contributed by atoms with E-state index in [9.17, 15) is 9.59 Å². The normalized spacial score (nSPS) is 9.96. The van der Waals surface area contributed by atoms with Crippen molar-refractivity contribution in [3.63, 3.8) is 0 Å². The Balaban J connectivity index is 2.02. The minimum Gasteiger partial charge on any atom is -0.490 e. The highest BCUT2D eigenvalue weighted by Gasteiger charge is 2.15. The van der Waals surface area contributed by atoms with Gasteiger partial charge in [0, 0.05) is 7.11 Å². The molecule has 0 aliphatic heterocycles. The van der Waals surface area contributed by atoms with E-state index < -0.39 is 11.8 Å². The first kappa shape index (κ1) is 20.0. The Hall–Kier alpha value is -3.32. The standard InChI is InChI=1S/C20H22N2O5/c1-3-12-26-17-10-6-4-8-15(17)19(23)21-22-20(24)16-9-5-7-11-18(16)27-14-13-25-2/h3-11H,1,12-14H2,2H3,(H,21,23)(H,22,24). The molecule has 0 spiro atoms. The van der Waals surface area contributed by atoms with Gasteiger partial charge in [0.2, 0.25) is 0 Å². The largest absolute Gasteiger partial charge is 0.490 e. The Morgan fingerprint density at radius 3 is 1.93 bits per heavy atom. The second-order valence-corrected chi connectivity index (χ2v) is 5.34. The van der Waals surface area contributed by atoms with Crippen LogP contribution >= 0.6 is 0 Å². The van der Waals surface area contributed by atoms with Gasteiger partial charge >= 0.3 is 0 Å². The highest BCUT2D eigenvalue weighted by atomic mass is 16.5. The zero-order chi connectivity index (χ0) is 19.5. The van der Waals surface area contributed by atoms with Crippen LogP contribution in [-0.2, 0) is 4.74 Å². The Morgan fingerprint density at radius 2 is 1.41 bits per heavy atom. The first-order valence-electron chi connectivity index (χ1n) is 8.31. The number of ether oxygens (including phenoxy) is 3. The van der Waals surface area contributed by atoms with Crippen LogP contribution in [0.5, 0.6) is 11.5 Å². The van der Waals surface area contributed by atoms with Crippen molar-refractivity contribution in [1.29, 1.82) is 0 Å². The average Bonchev–Trinajstić information content (AvgIpc) is 2.71. The predicted molar refractivity (Wildman–Crippen MR) is 101 cm³/mol. The summed E-state index contributed by atoms with van der Waals surface area (Å²) < 4.78 is 15.9. The summed E-state index contributed by atoms with van der Waals surface area (Å²) in [6, 6.07) is 13.5. The lowest BCUT2D eigenvalue weighted by Crippen LogP contribution is -2.41. The highest BCUT2D eigenvalue weighted by Crippen LogP contribution is 2.19. The predicted octanol–water partition coefficient (Wildman–Crippen LogP) is 2.35. The van der Waals surface area contributed by atoms with E-state index in [0.717, 1.165) is 0 Å². The van der Waals surface area contributed by atoms with Crippen molar-refractivity contribution in [2.75, 3.05) is 26.9 Å². The van der Waals surface area contributed by atoms with Crippen LogP contribution in [0.25, 0.3) is 0 Å². The molecule has 0 heterocycles. The van der Waals surface area contributed by atoms with Crippen molar-refractivity contribution in [2.24, 2.45) is 0 Å². The van der Waals surface area contributed by atoms with E-state index in [1.165, 1.54) is 0 Å². The second kappa shape index (κ2) is 10.6. The number of nitrogens with one attached hydrogen (secondary N) is 2. The molecule has 0 bridgehead atoms. The lowest BCUT2D eigenvalue weighted by molar-refractivity contribution is 0.0840. The Bertz CT molecular complexity index is 791. The van der Waals surface area contributed by atoms with Gasteiger partial charge in [-0.3, -0.25) is 20.4 Å². The number of amides is 2. The van der Waals surface area contributed by atoms with Gasteiger partial charge in [-0.05, 0) is 24.3 Å². The molecule has 0 saturated heterocycles. The Kier molecular flexibility index (Phi) is 7.87. The highest BCUT2D eigenvalue weighted by molar-refractivity contribution is 6.01. The summed E-state index contributed by atoms with van der Waals surface area (Å²) in [7, 11) is 1.56. The van der Waals surface area contributed by atoms with Gasteiger partial charge < -0.3 is 14.2 Å². The number of benzene rings is 2. The van der Waals surface area contributed by atoms with E-state index in [2.05, 4.69) is 17.4 Å². The minimum atomic E-state index is -0.499. The van der Waals surface area contributed by atoms with Crippen LogP contribution in [-0.4, -0.2) is 38.7 Å². The molecule has 0 atom stereocenters. The molecule has 0 radical (unpaired) electrons. The van der Waals surface area contributed by atoms with E-state index in [-0.39, 0.29) is 6.61 Å². The summed E-state index contributed by atoms with van der Waals surface area (Å²) in [5.41, 5.74) is 5.36. The van der Waals surface area contributed by atoms with Gasteiger partial charge in [-0.1, -0.05) is 36.9 Å². The lowest BCUT2D eigenvalue weighted by Gasteiger charge is -2.13. The van der Waals surface area contributed by atoms with Crippen LogP contribution in [0.3, 0.4) is 0 Å². The summed E-state index contributed by atoms with van der Waals surface area (Å²) in [4.78, 5) is 24.8. The zero-order valence-corrected chi connectivity index (χ0v) is 15.1. The molecule has 2 aromatic rings. The number of rotatable bonds is 9. The number of methoxy groups -OCH3 is 1. The third-order valence-corrected chi connectivity index (χ3v) is 3.45. The van der Waals surface area contributed by atoms with Crippen LogP contribution < -0.4 is 20.3 Å². The van der Waals surface area contributed by atoms with E-state index in [0.29, 0.717) is 35.8 Å². The van der Waals surface area contributed by atoms with Gasteiger partial charge in [0.15, 0.2) is 0 Å². The number of carbonyl (C=O) groups excluding carboxylic acids is 2. The van der Waals surface area contributed by atoms with E-state index in [1.807, 2.05) is 0 Å². The number of hydrogen-bond donors (Lipinski definition) is 2. The maximum Gasteiger partial charge on any atom is 0.273 e. The minimum absolute atomic E-state index is 0.267. The summed E-state index contributed by atoms with van der Waals surface area (Å²) >= 11 is 0. The smallest absolute Gasteiger partial charge is 0.273 e. The van der Waals surface area contributed by atoms with Gasteiger partial charge in [-0.2, -0.15) is 0 Å². The molecule has 2 rings (SSSR count). The molecule has 0 aliphatic rings. The molecule has 0 aromatic heterocycles. The number of hydrazine groups is 1. The van der Waals surface area contributed by atoms with E-state index in [4.69, 9.17) is 14.2 Å². The third-order valence-electron chi connectivity index (χ3n) is 3.45. The molecule has 0 unspecified atom stereocenters. The summed E-state index contributed by atoms with van der Waals surface area (Å²) in [6.45, 7) is 4.55. The Morgan fingerprint density at radius 1 is 0.889 bits per heavy atom. The Labute approximate surface area is 157 Å². The monoisotopic (exact) mass is 370 g/mol. The van der Waals surface area contributed by atoms with Gasteiger partial charge in [-0.25, -0.2) is 0 Å². The molecule has 0 aliphatic carbocycles. The van der Waals surface area contributed by atoms with Crippen molar-refractivity contribution < 1.29 is 23.8 Å². The maximum absolute atomic E-state index is 12.4. The number of hydrogen-bond acceptors (Lipinski definition) is 5. The molecule has 2 aromatic carbocycles. The third kappa shape index (κ3) is 5.86. The van der Waals surface area contributed by atoms with Crippen LogP contribution in [0.15, 0.2) is 61.2 Å². The maximum atomic E-state index is 12.4. The van der Waals surface area contributed by atoms with E-state index >= 15 is 0 Å². The molecular formula is C20H22N2O5. The fourth-order valence-electron chi connectivity index (χ4n) is 2.19. The molecule has 0 fully saturated rings. The topological polar surface area (TPSA) is 85.9 Å². The van der Waals surface area contributed by atoms with Crippen LogP contribution in [0.4, 0.5) is 0 Å². The van der Waals surface area contributed by atoms with Gasteiger partial charge in [0.1, 0.15) is 24.7 Å². The van der Waals surface area contributed by atoms with Gasteiger partial charge in [-0.15, -0.1) is 0 Å². The SMILES string of the molecule is C=CCOc1ccccc1C(=O)NNC(=O)c1ccccc1OCCOC. The quantitative estimate of drug-likeness (QED) is 0.402. The first-order valence-corrected chi connectivity index (χ1v) is 8.31. The lowest BCUT2D eigenvalue weighted by atomic mass is 10.2. The number of carbonyl (C=O) groups is 2. The van der Waals surface area contributed by atoms with Crippen LogP contribution in [0, 0.1) is 0 Å². The zero-order valence-electron chi connectivity index (χ0n) is 15.1. The average molecular weight is 370 g/mol. The first-order chi connectivity index (χ1) is 13.2. The van der Waals surface area contributed by atoms with Crippen molar-refractivity contribution >= 4 is 11.8 Å². The molecule has 2 amide bonds. The summed E-state index contributed by atoms with van der Waals surface area (Å²) in [5, 5.41) is 0. The van der Waals surface area contributed by atoms with Crippen molar-refractivity contribution in [1.82, 2.24) is 10.9 Å².